The second kappa shape index (κ2) is 8.61. The average Bonchev–Trinajstić information content (AvgIpc) is 3.31. The minimum atomic E-state index is -0.485. The Kier molecular flexibility index (Phi) is 5.92. The number of benzene rings is 1. The van der Waals surface area contributed by atoms with Crippen molar-refractivity contribution in [1.29, 1.82) is 0 Å². The monoisotopic (exact) mass is 441 g/mol. The van der Waals surface area contributed by atoms with E-state index in [4.69, 9.17) is 5.73 Å². The number of nitrogens with zero attached hydrogens (tertiary/aromatic N) is 2. The summed E-state index contributed by atoms with van der Waals surface area (Å²) in [5.41, 5.74) is 9.20. The Morgan fingerprint density at radius 1 is 1.33 bits per heavy atom. The number of aromatic amines is 1. The van der Waals surface area contributed by atoms with Gasteiger partial charge in [0.25, 0.3) is 5.91 Å². The number of nitrogens with two attached hydrogens (primary N) is 1. The van der Waals surface area contributed by atoms with Gasteiger partial charge in [-0.05, 0) is 37.7 Å². The second-order valence-electron chi connectivity index (χ2n) is 7.59. The van der Waals surface area contributed by atoms with Crippen LogP contribution in [0.25, 0.3) is 11.4 Å². The summed E-state index contributed by atoms with van der Waals surface area (Å²) in [6.45, 7) is 4.22. The number of anilines is 1. The Morgan fingerprint density at radius 2 is 2.10 bits per heavy atom. The highest BCUT2D eigenvalue weighted by Gasteiger charge is 2.27. The number of aromatic nitrogens is 3. The van der Waals surface area contributed by atoms with Crippen molar-refractivity contribution < 1.29 is 9.59 Å². The van der Waals surface area contributed by atoms with E-state index in [2.05, 4.69) is 27.4 Å². The number of hydrogen-bond donors (Lipinski definition) is 3. The summed E-state index contributed by atoms with van der Waals surface area (Å²) in [7, 11) is 0. The van der Waals surface area contributed by atoms with Gasteiger partial charge in [0.05, 0.1) is 11.3 Å². The number of fused-ring (bicyclic) bond motifs is 1. The Hall–Kier alpha value is -2.65. The Balaban J connectivity index is 1.41. The molecule has 1 aromatic carbocycles. The van der Waals surface area contributed by atoms with Gasteiger partial charge in [-0.1, -0.05) is 48.5 Å². The summed E-state index contributed by atoms with van der Waals surface area (Å²) >= 11 is 2.71. The average molecular weight is 442 g/mol. The number of primary amides is 1. The Labute approximate surface area is 182 Å². The number of aryl methyl sites for hydroxylation is 1. The largest absolute Gasteiger partial charge is 0.365 e. The standard InChI is InChI=1S/C21H23N5O2S2/c1-11-3-6-13(7-4-11)19-24-21(26-25-19)29-10-16(27)23-20-17(18(22)28)14-8-5-12(2)9-15(14)30-20/h3-4,6-7,12H,5,8-10H2,1-2H3,(H2,22,28)(H,23,27)(H,24,25,26)/t12-/m0/s1. The van der Waals surface area contributed by atoms with Crippen LogP contribution in [0.1, 0.15) is 39.7 Å². The number of thiophene rings is 1. The zero-order valence-corrected chi connectivity index (χ0v) is 18.5. The van der Waals surface area contributed by atoms with E-state index >= 15 is 0 Å². The van der Waals surface area contributed by atoms with Crippen LogP contribution in [-0.4, -0.2) is 32.7 Å². The molecule has 156 valence electrons. The lowest BCUT2D eigenvalue weighted by molar-refractivity contribution is -0.113. The molecule has 1 atom stereocenters. The number of amides is 2. The maximum Gasteiger partial charge on any atom is 0.251 e. The van der Waals surface area contributed by atoms with Gasteiger partial charge in [0.2, 0.25) is 11.1 Å². The lowest BCUT2D eigenvalue weighted by Crippen LogP contribution is -2.20. The molecule has 0 fully saturated rings. The molecule has 9 heteroatoms. The normalized spacial score (nSPS) is 15.6. The van der Waals surface area contributed by atoms with Crippen molar-refractivity contribution in [2.75, 3.05) is 11.1 Å². The van der Waals surface area contributed by atoms with Gasteiger partial charge < -0.3 is 11.1 Å². The van der Waals surface area contributed by atoms with E-state index in [0.29, 0.717) is 27.5 Å². The van der Waals surface area contributed by atoms with Crippen molar-refractivity contribution in [3.05, 3.63) is 45.8 Å². The summed E-state index contributed by atoms with van der Waals surface area (Å²) in [4.78, 5) is 30.1. The third-order valence-corrected chi connectivity index (χ3v) is 7.15. The molecule has 30 heavy (non-hydrogen) atoms. The summed E-state index contributed by atoms with van der Waals surface area (Å²) in [5, 5.41) is 11.0. The van der Waals surface area contributed by atoms with Crippen LogP contribution in [-0.2, 0) is 17.6 Å². The second-order valence-corrected chi connectivity index (χ2v) is 9.64. The topological polar surface area (TPSA) is 114 Å². The van der Waals surface area contributed by atoms with Gasteiger partial charge in [0.1, 0.15) is 5.00 Å². The predicted octanol–water partition coefficient (Wildman–Crippen LogP) is 3.80. The first-order valence-corrected chi connectivity index (χ1v) is 11.6. The Bertz CT molecular complexity index is 1090. The van der Waals surface area contributed by atoms with Crippen LogP contribution in [0.15, 0.2) is 29.4 Å². The van der Waals surface area contributed by atoms with Gasteiger partial charge in [-0.15, -0.1) is 16.4 Å². The van der Waals surface area contributed by atoms with Crippen molar-refractivity contribution in [3.63, 3.8) is 0 Å². The number of H-pyrrole nitrogens is 1. The van der Waals surface area contributed by atoms with E-state index < -0.39 is 5.91 Å². The van der Waals surface area contributed by atoms with E-state index in [1.165, 1.54) is 28.7 Å². The first-order valence-electron chi connectivity index (χ1n) is 9.77. The fourth-order valence-corrected chi connectivity index (χ4v) is 5.57. The smallest absolute Gasteiger partial charge is 0.251 e. The molecular weight excluding hydrogens is 418 g/mol. The quantitative estimate of drug-likeness (QED) is 0.504. The number of thioether (sulfide) groups is 1. The number of carbonyl (C=O) groups excluding carboxylic acids is 2. The molecule has 0 saturated heterocycles. The lowest BCUT2D eigenvalue weighted by atomic mass is 9.88. The highest BCUT2D eigenvalue weighted by molar-refractivity contribution is 7.99. The highest BCUT2D eigenvalue weighted by Crippen LogP contribution is 2.39. The molecule has 2 aromatic heterocycles. The zero-order chi connectivity index (χ0) is 21.3. The zero-order valence-electron chi connectivity index (χ0n) is 16.8. The molecule has 0 aliphatic heterocycles. The van der Waals surface area contributed by atoms with Crippen LogP contribution >= 0.6 is 23.1 Å². The van der Waals surface area contributed by atoms with Gasteiger partial charge in [0.15, 0.2) is 5.82 Å². The molecule has 0 bridgehead atoms. The fourth-order valence-electron chi connectivity index (χ4n) is 3.54. The molecule has 2 heterocycles. The molecule has 4 rings (SSSR count). The fraction of sp³-hybridized carbons (Fsp3) is 0.333. The van der Waals surface area contributed by atoms with Crippen LogP contribution in [0, 0.1) is 12.8 Å². The van der Waals surface area contributed by atoms with Crippen molar-refractivity contribution >= 4 is 39.9 Å². The van der Waals surface area contributed by atoms with Crippen LogP contribution in [0.3, 0.4) is 0 Å². The number of hydrogen-bond acceptors (Lipinski definition) is 6. The molecule has 0 spiro atoms. The van der Waals surface area contributed by atoms with Gasteiger partial charge in [0, 0.05) is 10.4 Å². The minimum absolute atomic E-state index is 0.141. The summed E-state index contributed by atoms with van der Waals surface area (Å²) in [6.07, 6.45) is 2.78. The Morgan fingerprint density at radius 3 is 2.83 bits per heavy atom. The summed E-state index contributed by atoms with van der Waals surface area (Å²) in [6, 6.07) is 7.97. The maximum absolute atomic E-state index is 12.5. The number of rotatable bonds is 6. The molecule has 0 saturated carbocycles. The first-order chi connectivity index (χ1) is 14.4. The molecular formula is C21H23N5O2S2. The molecule has 0 radical (unpaired) electrons. The predicted molar refractivity (Wildman–Crippen MR) is 120 cm³/mol. The van der Waals surface area contributed by atoms with E-state index in [1.54, 1.807) is 0 Å². The van der Waals surface area contributed by atoms with Gasteiger partial charge in [-0.25, -0.2) is 4.98 Å². The molecule has 1 aliphatic rings. The van der Waals surface area contributed by atoms with Gasteiger partial charge >= 0.3 is 0 Å². The van der Waals surface area contributed by atoms with Crippen molar-refractivity contribution in [2.24, 2.45) is 11.7 Å². The van der Waals surface area contributed by atoms with Crippen LogP contribution in [0.5, 0.6) is 0 Å². The molecule has 0 unspecified atom stereocenters. The number of carbonyl (C=O) groups is 2. The summed E-state index contributed by atoms with van der Waals surface area (Å²) < 4.78 is 0. The third-order valence-electron chi connectivity index (χ3n) is 5.13. The van der Waals surface area contributed by atoms with Crippen molar-refractivity contribution in [2.45, 2.75) is 38.3 Å². The molecule has 3 aromatic rings. The van der Waals surface area contributed by atoms with Gasteiger partial charge in [-0.2, -0.15) is 0 Å². The van der Waals surface area contributed by atoms with Crippen LogP contribution in [0.4, 0.5) is 5.00 Å². The van der Waals surface area contributed by atoms with E-state index in [0.717, 1.165) is 35.3 Å². The molecule has 7 nitrogen and oxygen atoms in total. The highest BCUT2D eigenvalue weighted by atomic mass is 32.2. The van der Waals surface area contributed by atoms with Crippen LogP contribution < -0.4 is 11.1 Å². The van der Waals surface area contributed by atoms with Gasteiger partial charge in [-0.3, -0.25) is 14.7 Å². The van der Waals surface area contributed by atoms with Crippen LogP contribution in [0.2, 0.25) is 0 Å². The SMILES string of the molecule is Cc1ccc(-c2nc(SCC(=O)Nc3sc4c(c3C(N)=O)CC[C@H](C)C4)n[nH]2)cc1. The van der Waals surface area contributed by atoms with Crippen molar-refractivity contribution in [1.82, 2.24) is 15.2 Å². The van der Waals surface area contributed by atoms with E-state index in [9.17, 15) is 9.59 Å². The number of nitrogens with one attached hydrogen (secondary N) is 2. The first kappa shape index (κ1) is 20.6. The maximum atomic E-state index is 12.5. The molecule has 2 amide bonds. The molecule has 4 N–H and O–H groups in total. The van der Waals surface area contributed by atoms with E-state index in [-0.39, 0.29) is 11.7 Å². The minimum Gasteiger partial charge on any atom is -0.365 e. The molecule has 1 aliphatic carbocycles. The van der Waals surface area contributed by atoms with E-state index in [1.807, 2.05) is 31.2 Å². The lowest BCUT2D eigenvalue weighted by Gasteiger charge is -2.18. The summed E-state index contributed by atoms with van der Waals surface area (Å²) in [5.74, 6) is 0.679. The van der Waals surface area contributed by atoms with Crippen molar-refractivity contribution in [3.8, 4) is 11.4 Å². The third kappa shape index (κ3) is 4.41.